The van der Waals surface area contributed by atoms with E-state index in [0.717, 1.165) is 43.4 Å². The fourth-order valence-electron chi connectivity index (χ4n) is 2.49. The van der Waals surface area contributed by atoms with Crippen molar-refractivity contribution in [3.8, 4) is 0 Å². The van der Waals surface area contributed by atoms with Gasteiger partial charge in [-0.05, 0) is 45.6 Å². The summed E-state index contributed by atoms with van der Waals surface area (Å²) in [5.41, 5.74) is 0.0728. The topological polar surface area (TPSA) is 42.6 Å². The molecule has 0 bridgehead atoms. The molecular weight excluding hydrogens is 216 g/mol. The number of aryl methyl sites for hydroxylation is 1. The van der Waals surface area contributed by atoms with Gasteiger partial charge in [-0.25, -0.2) is 0 Å². The lowest BCUT2D eigenvalue weighted by atomic mass is 9.78. The second kappa shape index (κ2) is 4.46. The number of methoxy groups -OCH3 is 1. The van der Waals surface area contributed by atoms with Crippen LogP contribution in [0.5, 0.6) is 0 Å². The maximum Gasteiger partial charge on any atom is 0.109 e. The summed E-state index contributed by atoms with van der Waals surface area (Å²) in [4.78, 5) is 0. The largest absolute Gasteiger partial charge is 0.469 e. The third kappa shape index (κ3) is 2.55. The van der Waals surface area contributed by atoms with Crippen LogP contribution in [-0.2, 0) is 16.8 Å². The Morgan fingerprint density at radius 1 is 1.53 bits per heavy atom. The van der Waals surface area contributed by atoms with Crippen LogP contribution >= 0.6 is 0 Å². The van der Waals surface area contributed by atoms with Gasteiger partial charge < -0.3 is 14.3 Å². The Bertz CT molecular complexity index is 381. The minimum Gasteiger partial charge on any atom is -0.469 e. The van der Waals surface area contributed by atoms with Crippen molar-refractivity contribution in [1.82, 2.24) is 0 Å². The van der Waals surface area contributed by atoms with Gasteiger partial charge in [0, 0.05) is 19.1 Å². The van der Waals surface area contributed by atoms with Gasteiger partial charge in [0.05, 0.1) is 17.5 Å². The van der Waals surface area contributed by atoms with Crippen LogP contribution in [-0.4, -0.2) is 17.8 Å². The summed E-state index contributed by atoms with van der Waals surface area (Å²) in [6.07, 6.45) is 6.00. The van der Waals surface area contributed by atoms with E-state index in [1.165, 1.54) is 0 Å². The van der Waals surface area contributed by atoms with Crippen LogP contribution in [0.4, 0.5) is 0 Å². The molecule has 17 heavy (non-hydrogen) atoms. The summed E-state index contributed by atoms with van der Waals surface area (Å²) in [7, 11) is 1.72. The van der Waals surface area contributed by atoms with Crippen molar-refractivity contribution in [2.24, 2.45) is 0 Å². The van der Waals surface area contributed by atoms with Crippen molar-refractivity contribution in [1.29, 1.82) is 0 Å². The molecule has 1 heterocycles. The Morgan fingerprint density at radius 2 is 2.29 bits per heavy atom. The molecule has 1 unspecified atom stereocenters. The highest BCUT2D eigenvalue weighted by Crippen LogP contribution is 2.40. The van der Waals surface area contributed by atoms with Crippen LogP contribution in [0.1, 0.15) is 50.9 Å². The molecule has 0 saturated heterocycles. The van der Waals surface area contributed by atoms with Crippen LogP contribution in [0, 0.1) is 0 Å². The predicted molar refractivity (Wildman–Crippen MR) is 65.9 cm³/mol. The number of hydrogen-bond donors (Lipinski definition) is 1. The molecule has 0 radical (unpaired) electrons. The molecule has 0 fully saturated rings. The van der Waals surface area contributed by atoms with E-state index >= 15 is 0 Å². The van der Waals surface area contributed by atoms with Crippen molar-refractivity contribution in [2.45, 2.75) is 57.2 Å². The molecule has 96 valence electrons. The number of aliphatic hydroxyl groups is 1. The molecule has 1 aliphatic rings. The van der Waals surface area contributed by atoms with E-state index in [2.05, 4.69) is 13.8 Å². The van der Waals surface area contributed by atoms with Gasteiger partial charge in [0.25, 0.3) is 0 Å². The minimum atomic E-state index is -0.726. The molecule has 0 aliphatic heterocycles. The number of rotatable bonds is 4. The second-order valence-electron chi connectivity index (χ2n) is 5.61. The first-order valence-electron chi connectivity index (χ1n) is 6.31. The zero-order valence-electron chi connectivity index (χ0n) is 11.0. The molecule has 0 spiro atoms. The van der Waals surface area contributed by atoms with Crippen LogP contribution in [0.15, 0.2) is 16.7 Å². The third-order valence-electron chi connectivity index (χ3n) is 3.93. The van der Waals surface area contributed by atoms with E-state index in [-0.39, 0.29) is 5.60 Å². The minimum absolute atomic E-state index is 0.183. The first-order chi connectivity index (χ1) is 7.97. The van der Waals surface area contributed by atoms with Crippen LogP contribution in [0.3, 0.4) is 0 Å². The highest BCUT2D eigenvalue weighted by molar-refractivity contribution is 5.27. The summed E-state index contributed by atoms with van der Waals surface area (Å²) in [5.74, 6) is 0.953. The summed E-state index contributed by atoms with van der Waals surface area (Å²) in [6, 6.07) is 1.91. The van der Waals surface area contributed by atoms with Gasteiger partial charge in [0.15, 0.2) is 0 Å². The smallest absolute Gasteiger partial charge is 0.109 e. The maximum absolute atomic E-state index is 10.8. The van der Waals surface area contributed by atoms with Gasteiger partial charge in [0.2, 0.25) is 0 Å². The third-order valence-corrected chi connectivity index (χ3v) is 3.93. The Kier molecular flexibility index (Phi) is 3.32. The molecule has 3 heteroatoms. The molecule has 1 atom stereocenters. The fourth-order valence-corrected chi connectivity index (χ4v) is 2.49. The van der Waals surface area contributed by atoms with E-state index in [0.29, 0.717) is 0 Å². The lowest BCUT2D eigenvalue weighted by molar-refractivity contribution is -0.0375. The zero-order valence-corrected chi connectivity index (χ0v) is 11.0. The maximum atomic E-state index is 10.8. The molecule has 0 saturated carbocycles. The van der Waals surface area contributed by atoms with Crippen molar-refractivity contribution < 1.29 is 14.3 Å². The van der Waals surface area contributed by atoms with E-state index < -0.39 is 5.60 Å². The molecule has 0 amide bonds. The van der Waals surface area contributed by atoms with Gasteiger partial charge in [-0.2, -0.15) is 0 Å². The van der Waals surface area contributed by atoms with Crippen LogP contribution in [0.2, 0.25) is 0 Å². The quantitative estimate of drug-likeness (QED) is 0.876. The monoisotopic (exact) mass is 238 g/mol. The van der Waals surface area contributed by atoms with Crippen LogP contribution in [0.25, 0.3) is 0 Å². The average molecular weight is 238 g/mol. The predicted octanol–water partition coefficient (Wildman–Crippen LogP) is 3.01. The van der Waals surface area contributed by atoms with Gasteiger partial charge >= 0.3 is 0 Å². The molecule has 1 aliphatic carbocycles. The molecule has 0 aromatic carbocycles. The fraction of sp³-hybridized carbons (Fsp3) is 0.714. The van der Waals surface area contributed by atoms with E-state index in [4.69, 9.17) is 9.15 Å². The molecular formula is C14H22O3. The summed E-state index contributed by atoms with van der Waals surface area (Å²) >= 11 is 0. The first kappa shape index (κ1) is 12.7. The highest BCUT2D eigenvalue weighted by atomic mass is 16.5. The lowest BCUT2D eigenvalue weighted by Gasteiger charge is -2.34. The standard InChI is InChI=1S/C14H22O3/c1-13(2,16-3)8-9-14(15)7-4-5-12-11(14)6-10-17-12/h6,10,15H,4-5,7-9H2,1-3H3. The Morgan fingerprint density at radius 3 is 3.00 bits per heavy atom. The Labute approximate surface area is 103 Å². The normalized spacial score (nSPS) is 24.7. The SMILES string of the molecule is COC(C)(C)CCC1(O)CCCc2occc21. The van der Waals surface area contributed by atoms with E-state index in [1.54, 1.807) is 13.4 Å². The number of ether oxygens (including phenoxy) is 1. The summed E-state index contributed by atoms with van der Waals surface area (Å²) in [6.45, 7) is 4.10. The zero-order chi connectivity index (χ0) is 12.5. The van der Waals surface area contributed by atoms with E-state index in [9.17, 15) is 5.11 Å². The van der Waals surface area contributed by atoms with Crippen molar-refractivity contribution >= 4 is 0 Å². The van der Waals surface area contributed by atoms with Crippen molar-refractivity contribution in [3.05, 3.63) is 23.7 Å². The molecule has 1 aromatic rings. The van der Waals surface area contributed by atoms with Crippen LogP contribution < -0.4 is 0 Å². The van der Waals surface area contributed by atoms with Gasteiger partial charge in [-0.3, -0.25) is 0 Å². The molecule has 1 aromatic heterocycles. The number of furan rings is 1. The molecule has 1 N–H and O–H groups in total. The van der Waals surface area contributed by atoms with Crippen molar-refractivity contribution in [3.63, 3.8) is 0 Å². The number of fused-ring (bicyclic) bond motifs is 1. The summed E-state index contributed by atoms with van der Waals surface area (Å²) < 4.78 is 10.8. The van der Waals surface area contributed by atoms with E-state index in [1.807, 2.05) is 6.07 Å². The van der Waals surface area contributed by atoms with Gasteiger partial charge in [-0.1, -0.05) is 0 Å². The molecule has 2 rings (SSSR count). The Balaban J connectivity index is 2.11. The average Bonchev–Trinajstić information content (AvgIpc) is 2.77. The van der Waals surface area contributed by atoms with Gasteiger partial charge in [-0.15, -0.1) is 0 Å². The van der Waals surface area contributed by atoms with Gasteiger partial charge in [0.1, 0.15) is 5.76 Å². The lowest BCUT2D eigenvalue weighted by Crippen LogP contribution is -2.33. The highest BCUT2D eigenvalue weighted by Gasteiger charge is 2.37. The number of hydrogen-bond acceptors (Lipinski definition) is 3. The second-order valence-corrected chi connectivity index (χ2v) is 5.61. The first-order valence-corrected chi connectivity index (χ1v) is 6.31. The Hall–Kier alpha value is -0.800. The van der Waals surface area contributed by atoms with Crippen molar-refractivity contribution in [2.75, 3.05) is 7.11 Å². The summed E-state index contributed by atoms with van der Waals surface area (Å²) in [5, 5.41) is 10.8. The molecule has 3 nitrogen and oxygen atoms in total.